The van der Waals surface area contributed by atoms with E-state index in [2.05, 4.69) is 10.6 Å². The van der Waals surface area contributed by atoms with E-state index in [1.807, 2.05) is 25.1 Å². The van der Waals surface area contributed by atoms with Crippen molar-refractivity contribution in [3.05, 3.63) is 71.0 Å². The SMILES string of the molecule is CNC(=O)c1ccc(CN[C@H](C)c2ccccc2F)cc1. The fourth-order valence-corrected chi connectivity index (χ4v) is 2.13. The van der Waals surface area contributed by atoms with Crippen LogP contribution in [0.1, 0.15) is 34.5 Å². The average molecular weight is 286 g/mol. The lowest BCUT2D eigenvalue weighted by Crippen LogP contribution is -2.20. The second-order valence-corrected chi connectivity index (χ2v) is 4.90. The molecule has 0 fully saturated rings. The molecule has 0 saturated carbocycles. The molecule has 0 aliphatic heterocycles. The first-order valence-electron chi connectivity index (χ1n) is 6.90. The van der Waals surface area contributed by atoms with Gasteiger partial charge in [-0.15, -0.1) is 0 Å². The summed E-state index contributed by atoms with van der Waals surface area (Å²) in [6, 6.07) is 14.0. The second kappa shape index (κ2) is 6.99. The molecule has 4 heteroatoms. The van der Waals surface area contributed by atoms with Gasteiger partial charge in [0.05, 0.1) is 0 Å². The van der Waals surface area contributed by atoms with Crippen molar-refractivity contribution in [3.8, 4) is 0 Å². The molecule has 0 aliphatic carbocycles. The predicted octanol–water partition coefficient (Wildman–Crippen LogP) is 3.04. The molecule has 1 amide bonds. The van der Waals surface area contributed by atoms with Gasteiger partial charge in [0.15, 0.2) is 0 Å². The number of hydrogen-bond donors (Lipinski definition) is 2. The predicted molar refractivity (Wildman–Crippen MR) is 81.5 cm³/mol. The summed E-state index contributed by atoms with van der Waals surface area (Å²) in [4.78, 5) is 11.4. The fourth-order valence-electron chi connectivity index (χ4n) is 2.13. The Balaban J connectivity index is 1.97. The van der Waals surface area contributed by atoms with Crippen LogP contribution in [0.15, 0.2) is 48.5 Å². The van der Waals surface area contributed by atoms with Gasteiger partial charge in [-0.05, 0) is 30.7 Å². The molecule has 0 aromatic heterocycles. The van der Waals surface area contributed by atoms with Crippen molar-refractivity contribution >= 4 is 5.91 Å². The van der Waals surface area contributed by atoms with E-state index in [0.717, 1.165) is 5.56 Å². The molecular formula is C17H19FN2O. The van der Waals surface area contributed by atoms with E-state index in [1.54, 1.807) is 31.3 Å². The molecule has 2 aromatic rings. The van der Waals surface area contributed by atoms with Crippen LogP contribution >= 0.6 is 0 Å². The zero-order valence-corrected chi connectivity index (χ0v) is 12.2. The van der Waals surface area contributed by atoms with Crippen molar-refractivity contribution in [3.63, 3.8) is 0 Å². The van der Waals surface area contributed by atoms with Gasteiger partial charge in [-0.3, -0.25) is 4.79 Å². The van der Waals surface area contributed by atoms with Crippen LogP contribution in [0.2, 0.25) is 0 Å². The number of hydrogen-bond acceptors (Lipinski definition) is 2. The third kappa shape index (κ3) is 3.89. The minimum Gasteiger partial charge on any atom is -0.355 e. The maximum absolute atomic E-state index is 13.7. The summed E-state index contributed by atoms with van der Waals surface area (Å²) >= 11 is 0. The number of amides is 1. The van der Waals surface area contributed by atoms with Crippen LogP contribution in [-0.4, -0.2) is 13.0 Å². The Morgan fingerprint density at radius 2 is 1.81 bits per heavy atom. The van der Waals surface area contributed by atoms with Gasteiger partial charge >= 0.3 is 0 Å². The lowest BCUT2D eigenvalue weighted by molar-refractivity contribution is 0.0963. The van der Waals surface area contributed by atoms with E-state index in [-0.39, 0.29) is 17.8 Å². The first kappa shape index (κ1) is 15.2. The maximum atomic E-state index is 13.7. The van der Waals surface area contributed by atoms with Gasteiger partial charge in [-0.25, -0.2) is 4.39 Å². The van der Waals surface area contributed by atoms with E-state index in [9.17, 15) is 9.18 Å². The molecule has 2 aromatic carbocycles. The summed E-state index contributed by atoms with van der Waals surface area (Å²) in [6.45, 7) is 2.54. The number of carbonyl (C=O) groups excluding carboxylic acids is 1. The molecule has 0 heterocycles. The van der Waals surface area contributed by atoms with Gasteiger partial charge in [0, 0.05) is 30.8 Å². The van der Waals surface area contributed by atoms with E-state index < -0.39 is 0 Å². The zero-order valence-electron chi connectivity index (χ0n) is 12.2. The first-order valence-corrected chi connectivity index (χ1v) is 6.90. The summed E-state index contributed by atoms with van der Waals surface area (Å²) in [6.07, 6.45) is 0. The molecule has 0 saturated heterocycles. The van der Waals surface area contributed by atoms with E-state index in [0.29, 0.717) is 17.7 Å². The minimum atomic E-state index is -0.201. The Hall–Kier alpha value is -2.20. The Morgan fingerprint density at radius 1 is 1.14 bits per heavy atom. The fraction of sp³-hybridized carbons (Fsp3) is 0.235. The van der Waals surface area contributed by atoms with Gasteiger partial charge in [0.1, 0.15) is 5.82 Å². The monoisotopic (exact) mass is 286 g/mol. The van der Waals surface area contributed by atoms with Crippen LogP contribution in [0, 0.1) is 5.82 Å². The number of benzene rings is 2. The molecule has 2 N–H and O–H groups in total. The van der Waals surface area contributed by atoms with Gasteiger partial charge in [-0.2, -0.15) is 0 Å². The van der Waals surface area contributed by atoms with Crippen LogP contribution in [0.25, 0.3) is 0 Å². The van der Waals surface area contributed by atoms with Gasteiger partial charge < -0.3 is 10.6 Å². The second-order valence-electron chi connectivity index (χ2n) is 4.90. The van der Waals surface area contributed by atoms with Crippen LogP contribution < -0.4 is 10.6 Å². The average Bonchev–Trinajstić information content (AvgIpc) is 2.52. The number of rotatable bonds is 5. The van der Waals surface area contributed by atoms with Crippen molar-refractivity contribution in [2.45, 2.75) is 19.5 Å². The molecule has 1 atom stereocenters. The topological polar surface area (TPSA) is 41.1 Å². The van der Waals surface area contributed by atoms with Crippen LogP contribution in [0.3, 0.4) is 0 Å². The summed E-state index contributed by atoms with van der Waals surface area (Å²) in [5.41, 5.74) is 2.33. The van der Waals surface area contributed by atoms with E-state index >= 15 is 0 Å². The van der Waals surface area contributed by atoms with Crippen LogP contribution in [-0.2, 0) is 6.54 Å². The van der Waals surface area contributed by atoms with E-state index in [1.165, 1.54) is 6.07 Å². The molecular weight excluding hydrogens is 267 g/mol. The van der Waals surface area contributed by atoms with Gasteiger partial charge in [0.2, 0.25) is 0 Å². The van der Waals surface area contributed by atoms with Crippen molar-refractivity contribution in [2.75, 3.05) is 7.05 Å². The molecule has 0 spiro atoms. The molecule has 0 aliphatic rings. The van der Waals surface area contributed by atoms with Crippen molar-refractivity contribution in [1.29, 1.82) is 0 Å². The minimum absolute atomic E-state index is 0.0789. The number of halogens is 1. The summed E-state index contributed by atoms with van der Waals surface area (Å²) < 4.78 is 13.7. The standard InChI is InChI=1S/C17H19FN2O/c1-12(15-5-3-4-6-16(15)18)20-11-13-7-9-14(10-8-13)17(21)19-2/h3-10,12,20H,11H2,1-2H3,(H,19,21)/t12-/m1/s1. The number of nitrogens with one attached hydrogen (secondary N) is 2. The molecule has 2 rings (SSSR count). The van der Waals surface area contributed by atoms with Gasteiger partial charge in [0.25, 0.3) is 5.91 Å². The van der Waals surface area contributed by atoms with Gasteiger partial charge in [-0.1, -0.05) is 30.3 Å². The van der Waals surface area contributed by atoms with Crippen molar-refractivity contribution < 1.29 is 9.18 Å². The highest BCUT2D eigenvalue weighted by atomic mass is 19.1. The largest absolute Gasteiger partial charge is 0.355 e. The lowest BCUT2D eigenvalue weighted by atomic mass is 10.1. The quantitative estimate of drug-likeness (QED) is 0.887. The molecule has 0 unspecified atom stereocenters. The Kier molecular flexibility index (Phi) is 5.06. The molecule has 110 valence electrons. The zero-order chi connectivity index (χ0) is 15.2. The van der Waals surface area contributed by atoms with E-state index in [4.69, 9.17) is 0 Å². The Morgan fingerprint density at radius 3 is 2.43 bits per heavy atom. The van der Waals surface area contributed by atoms with Crippen LogP contribution in [0.4, 0.5) is 4.39 Å². The lowest BCUT2D eigenvalue weighted by Gasteiger charge is -2.15. The van der Waals surface area contributed by atoms with Crippen molar-refractivity contribution in [2.24, 2.45) is 0 Å². The highest BCUT2D eigenvalue weighted by Gasteiger charge is 2.09. The first-order chi connectivity index (χ1) is 10.1. The molecule has 21 heavy (non-hydrogen) atoms. The van der Waals surface area contributed by atoms with Crippen molar-refractivity contribution in [1.82, 2.24) is 10.6 Å². The summed E-state index contributed by atoms with van der Waals surface area (Å²) in [7, 11) is 1.61. The summed E-state index contributed by atoms with van der Waals surface area (Å²) in [5.74, 6) is -0.304. The maximum Gasteiger partial charge on any atom is 0.251 e. The molecule has 0 radical (unpaired) electrons. The highest BCUT2D eigenvalue weighted by Crippen LogP contribution is 2.16. The third-order valence-corrected chi connectivity index (χ3v) is 3.43. The Bertz CT molecular complexity index is 610. The molecule has 0 bridgehead atoms. The Labute approximate surface area is 124 Å². The summed E-state index contributed by atoms with van der Waals surface area (Å²) in [5, 5.41) is 5.86. The van der Waals surface area contributed by atoms with Crippen LogP contribution in [0.5, 0.6) is 0 Å². The molecule has 3 nitrogen and oxygen atoms in total. The smallest absolute Gasteiger partial charge is 0.251 e. The third-order valence-electron chi connectivity index (χ3n) is 3.43. The normalized spacial score (nSPS) is 12.0. The highest BCUT2D eigenvalue weighted by molar-refractivity contribution is 5.93. The number of carbonyl (C=O) groups is 1.